The molecule has 6 nitrogen and oxygen atoms in total. The van der Waals surface area contributed by atoms with Crippen molar-refractivity contribution < 1.29 is 9.53 Å². The molecule has 1 aromatic heterocycles. The van der Waals surface area contributed by atoms with Crippen LogP contribution in [0.25, 0.3) is 0 Å². The first-order valence-electron chi connectivity index (χ1n) is 7.18. The summed E-state index contributed by atoms with van der Waals surface area (Å²) in [6.07, 6.45) is 1.55. The average Bonchev–Trinajstić information content (AvgIpc) is 2.53. The Bertz CT molecular complexity index is 662. The number of likely N-dealkylation sites (tertiary alicyclic amines) is 1. The minimum absolute atomic E-state index is 0.102. The van der Waals surface area contributed by atoms with Gasteiger partial charge in [0.1, 0.15) is 5.82 Å². The first kappa shape index (κ1) is 14.3. The molecule has 22 heavy (non-hydrogen) atoms. The third-order valence-electron chi connectivity index (χ3n) is 3.81. The Morgan fingerprint density at radius 3 is 2.77 bits per heavy atom. The molecule has 0 radical (unpaired) electrons. The van der Waals surface area contributed by atoms with E-state index in [1.54, 1.807) is 12.3 Å². The molecule has 0 spiro atoms. The van der Waals surface area contributed by atoms with Crippen molar-refractivity contribution in [1.29, 1.82) is 0 Å². The summed E-state index contributed by atoms with van der Waals surface area (Å²) in [5.74, 6) is 0.872. The summed E-state index contributed by atoms with van der Waals surface area (Å²) in [4.78, 5) is 22.3. The number of nitrogens with zero attached hydrogens (tertiary/aromatic N) is 3. The van der Waals surface area contributed by atoms with Crippen molar-refractivity contribution in [2.24, 2.45) is 5.92 Å². The van der Waals surface area contributed by atoms with Crippen LogP contribution in [0.4, 0.5) is 10.6 Å². The predicted molar refractivity (Wildman–Crippen MR) is 82.7 cm³/mol. The quantitative estimate of drug-likeness (QED) is 0.946. The molecule has 114 valence electrons. The predicted octanol–water partition coefficient (Wildman–Crippen LogP) is 2.71. The second-order valence-corrected chi connectivity index (χ2v) is 5.34. The molecule has 0 aliphatic carbocycles. The summed E-state index contributed by atoms with van der Waals surface area (Å²) in [5, 5.41) is 2.79. The van der Waals surface area contributed by atoms with Crippen LogP contribution in [0.1, 0.15) is 18.5 Å². The number of anilines is 1. The van der Waals surface area contributed by atoms with Crippen LogP contribution in [0.3, 0.4) is 0 Å². The van der Waals surface area contributed by atoms with Gasteiger partial charge in [0, 0.05) is 12.7 Å². The van der Waals surface area contributed by atoms with Gasteiger partial charge in [-0.15, -0.1) is 0 Å². The summed E-state index contributed by atoms with van der Waals surface area (Å²) >= 11 is 0. The number of aromatic nitrogens is 2. The number of urea groups is 1. The Morgan fingerprint density at radius 1 is 1.32 bits per heavy atom. The van der Waals surface area contributed by atoms with Gasteiger partial charge in [-0.05, 0) is 17.5 Å². The van der Waals surface area contributed by atoms with E-state index in [0.29, 0.717) is 11.7 Å². The van der Waals surface area contributed by atoms with Crippen LogP contribution in [0.15, 0.2) is 42.6 Å². The van der Waals surface area contributed by atoms with Crippen molar-refractivity contribution >= 4 is 11.8 Å². The zero-order chi connectivity index (χ0) is 15.5. The molecule has 1 aliphatic heterocycles. The number of rotatable bonds is 3. The number of ether oxygens (including phenoxy) is 1. The fourth-order valence-electron chi connectivity index (χ4n) is 2.75. The molecule has 1 aliphatic rings. The summed E-state index contributed by atoms with van der Waals surface area (Å²) in [7, 11) is 1.49. The molecule has 3 rings (SSSR count). The standard InChI is InChI=1S/C16H18N4O2/c1-11-10-20(14(11)12-6-4-3-5-7-12)16(21)19-13-8-9-17-15(18-13)22-2/h3-9,11,14H,10H2,1-2H3,(H,17,18,19,21)/t11-,14+/m0/s1. The van der Waals surface area contributed by atoms with Crippen LogP contribution < -0.4 is 10.1 Å². The number of carbonyl (C=O) groups excluding carboxylic acids is 1. The van der Waals surface area contributed by atoms with E-state index in [1.807, 2.05) is 35.2 Å². The van der Waals surface area contributed by atoms with Crippen molar-refractivity contribution in [3.8, 4) is 6.01 Å². The number of benzene rings is 1. The maximum atomic E-state index is 12.4. The average molecular weight is 298 g/mol. The van der Waals surface area contributed by atoms with Crippen LogP contribution in [-0.4, -0.2) is 34.6 Å². The SMILES string of the molecule is COc1nccc(NC(=O)N2C[C@H](C)[C@@H]2c2ccccc2)n1. The second kappa shape index (κ2) is 6.01. The van der Waals surface area contributed by atoms with Gasteiger partial charge < -0.3 is 9.64 Å². The molecule has 2 heterocycles. The number of hydrogen-bond acceptors (Lipinski definition) is 4. The largest absolute Gasteiger partial charge is 0.467 e. The Kier molecular flexibility index (Phi) is 3.91. The van der Waals surface area contributed by atoms with Gasteiger partial charge in [0.25, 0.3) is 0 Å². The van der Waals surface area contributed by atoms with Crippen LogP contribution in [-0.2, 0) is 0 Å². The molecule has 1 N–H and O–H groups in total. The Morgan fingerprint density at radius 2 is 2.09 bits per heavy atom. The zero-order valence-electron chi connectivity index (χ0n) is 12.6. The molecule has 0 saturated carbocycles. The molecule has 2 atom stereocenters. The van der Waals surface area contributed by atoms with Gasteiger partial charge in [-0.3, -0.25) is 5.32 Å². The van der Waals surface area contributed by atoms with E-state index in [2.05, 4.69) is 22.2 Å². The molecule has 1 saturated heterocycles. The van der Waals surface area contributed by atoms with Gasteiger partial charge in [0.05, 0.1) is 13.2 Å². The fraction of sp³-hybridized carbons (Fsp3) is 0.312. The Balaban J connectivity index is 1.72. The number of nitrogens with one attached hydrogen (secondary N) is 1. The molecule has 1 fully saturated rings. The third kappa shape index (κ3) is 2.72. The lowest BCUT2D eigenvalue weighted by Crippen LogP contribution is -2.53. The zero-order valence-corrected chi connectivity index (χ0v) is 12.6. The molecule has 0 bridgehead atoms. The first-order chi connectivity index (χ1) is 10.7. The molecule has 2 aromatic rings. The lowest BCUT2D eigenvalue weighted by molar-refractivity contribution is 0.0670. The van der Waals surface area contributed by atoms with E-state index in [1.165, 1.54) is 7.11 Å². The summed E-state index contributed by atoms with van der Waals surface area (Å²) in [6.45, 7) is 2.88. The lowest BCUT2D eigenvalue weighted by Gasteiger charge is -2.46. The summed E-state index contributed by atoms with van der Waals surface area (Å²) in [6, 6.07) is 11.9. The van der Waals surface area contributed by atoms with Gasteiger partial charge in [0.2, 0.25) is 0 Å². The molecule has 6 heteroatoms. The van der Waals surface area contributed by atoms with Gasteiger partial charge in [-0.25, -0.2) is 9.78 Å². The van der Waals surface area contributed by atoms with Crippen LogP contribution in [0.5, 0.6) is 6.01 Å². The van der Waals surface area contributed by atoms with Crippen molar-refractivity contribution in [2.75, 3.05) is 19.0 Å². The van der Waals surface area contributed by atoms with Crippen molar-refractivity contribution in [2.45, 2.75) is 13.0 Å². The van der Waals surface area contributed by atoms with Crippen molar-refractivity contribution in [3.05, 3.63) is 48.2 Å². The maximum Gasteiger partial charge on any atom is 0.323 e. The molecule has 2 amide bonds. The molecular formula is C16H18N4O2. The number of amides is 2. The molecule has 1 aromatic carbocycles. The maximum absolute atomic E-state index is 12.4. The lowest BCUT2D eigenvalue weighted by atomic mass is 9.85. The van der Waals surface area contributed by atoms with E-state index >= 15 is 0 Å². The smallest absolute Gasteiger partial charge is 0.323 e. The number of hydrogen-bond donors (Lipinski definition) is 1. The van der Waals surface area contributed by atoms with Gasteiger partial charge in [0.15, 0.2) is 0 Å². The topological polar surface area (TPSA) is 67.3 Å². The minimum atomic E-state index is -0.160. The van der Waals surface area contributed by atoms with Gasteiger partial charge in [-0.2, -0.15) is 4.98 Å². The highest BCUT2D eigenvalue weighted by Crippen LogP contribution is 2.38. The normalized spacial score (nSPS) is 20.2. The highest BCUT2D eigenvalue weighted by molar-refractivity contribution is 5.89. The van der Waals surface area contributed by atoms with E-state index in [4.69, 9.17) is 4.74 Å². The second-order valence-electron chi connectivity index (χ2n) is 5.34. The number of carbonyl (C=O) groups is 1. The van der Waals surface area contributed by atoms with Gasteiger partial charge in [-0.1, -0.05) is 37.3 Å². The van der Waals surface area contributed by atoms with Crippen LogP contribution in [0, 0.1) is 5.92 Å². The highest BCUT2D eigenvalue weighted by atomic mass is 16.5. The Labute approximate surface area is 129 Å². The van der Waals surface area contributed by atoms with E-state index in [-0.39, 0.29) is 18.1 Å². The van der Waals surface area contributed by atoms with Gasteiger partial charge >= 0.3 is 12.0 Å². The Hall–Kier alpha value is -2.63. The first-order valence-corrected chi connectivity index (χ1v) is 7.18. The minimum Gasteiger partial charge on any atom is -0.467 e. The third-order valence-corrected chi connectivity index (χ3v) is 3.81. The monoisotopic (exact) mass is 298 g/mol. The van der Waals surface area contributed by atoms with E-state index in [0.717, 1.165) is 12.1 Å². The number of methoxy groups -OCH3 is 1. The van der Waals surface area contributed by atoms with E-state index < -0.39 is 0 Å². The van der Waals surface area contributed by atoms with Crippen LogP contribution >= 0.6 is 0 Å². The fourth-order valence-corrected chi connectivity index (χ4v) is 2.75. The van der Waals surface area contributed by atoms with Crippen molar-refractivity contribution in [3.63, 3.8) is 0 Å². The highest BCUT2D eigenvalue weighted by Gasteiger charge is 2.40. The molecular weight excluding hydrogens is 280 g/mol. The molecule has 0 unspecified atom stereocenters. The summed E-state index contributed by atoms with van der Waals surface area (Å²) < 4.78 is 4.96. The van der Waals surface area contributed by atoms with Crippen LogP contribution in [0.2, 0.25) is 0 Å². The van der Waals surface area contributed by atoms with E-state index in [9.17, 15) is 4.79 Å². The summed E-state index contributed by atoms with van der Waals surface area (Å²) in [5.41, 5.74) is 1.15. The van der Waals surface area contributed by atoms with Crippen molar-refractivity contribution in [1.82, 2.24) is 14.9 Å².